The van der Waals surface area contributed by atoms with Gasteiger partial charge in [-0.15, -0.1) is 0 Å². The van der Waals surface area contributed by atoms with Gasteiger partial charge in [-0.3, -0.25) is 4.79 Å². The zero-order valence-electron chi connectivity index (χ0n) is 10.4. The van der Waals surface area contributed by atoms with Crippen molar-refractivity contribution >= 4 is 16.9 Å². The summed E-state index contributed by atoms with van der Waals surface area (Å²) in [7, 11) is 2.01. The first-order valence-corrected chi connectivity index (χ1v) is 5.77. The lowest BCUT2D eigenvalue weighted by Gasteiger charge is -2.08. The molecule has 0 amide bonds. The number of hydrogen-bond donors (Lipinski definition) is 1. The molecule has 0 spiro atoms. The molecule has 17 heavy (non-hydrogen) atoms. The van der Waals surface area contributed by atoms with Crippen LogP contribution in [0.2, 0.25) is 0 Å². The van der Waals surface area contributed by atoms with Crippen LogP contribution in [0.4, 0.5) is 0 Å². The number of carboxylic acids is 1. The van der Waals surface area contributed by atoms with Crippen LogP contribution in [-0.4, -0.2) is 15.6 Å². The number of carbonyl (C=O) groups is 1. The fourth-order valence-electron chi connectivity index (χ4n) is 2.35. The van der Waals surface area contributed by atoms with Gasteiger partial charge >= 0.3 is 5.97 Å². The second-order valence-electron chi connectivity index (χ2n) is 4.68. The Bertz CT molecular complexity index is 569. The standard InChI is InChI=1S/C14H17NO2/c1-9(14(16)17)7-11-5-4-6-12-13(11)10(2)8-15(12)3/h4-6,8-9H,7H2,1-3H3,(H,16,17). The van der Waals surface area contributed by atoms with Crippen molar-refractivity contribution in [2.24, 2.45) is 13.0 Å². The topological polar surface area (TPSA) is 42.2 Å². The fourth-order valence-corrected chi connectivity index (χ4v) is 2.35. The molecular weight excluding hydrogens is 214 g/mol. The second kappa shape index (κ2) is 4.24. The van der Waals surface area contributed by atoms with Crippen LogP contribution in [0.3, 0.4) is 0 Å². The van der Waals surface area contributed by atoms with E-state index in [4.69, 9.17) is 5.11 Å². The van der Waals surface area contributed by atoms with Crippen molar-refractivity contribution in [3.63, 3.8) is 0 Å². The van der Waals surface area contributed by atoms with Crippen LogP contribution in [0.15, 0.2) is 24.4 Å². The lowest BCUT2D eigenvalue weighted by Crippen LogP contribution is -2.12. The van der Waals surface area contributed by atoms with Crippen LogP contribution in [-0.2, 0) is 18.3 Å². The molecule has 3 heteroatoms. The summed E-state index contributed by atoms with van der Waals surface area (Å²) >= 11 is 0. The third-order valence-electron chi connectivity index (χ3n) is 3.24. The van der Waals surface area contributed by atoms with E-state index in [9.17, 15) is 4.79 Å². The van der Waals surface area contributed by atoms with Gasteiger partial charge in [0.1, 0.15) is 0 Å². The summed E-state index contributed by atoms with van der Waals surface area (Å²) in [6.07, 6.45) is 2.66. The molecule has 90 valence electrons. The summed E-state index contributed by atoms with van der Waals surface area (Å²) in [5, 5.41) is 10.2. The van der Waals surface area contributed by atoms with E-state index in [1.807, 2.05) is 19.2 Å². The quantitative estimate of drug-likeness (QED) is 0.882. The molecule has 0 aliphatic rings. The van der Waals surface area contributed by atoms with Gasteiger partial charge in [0.25, 0.3) is 0 Å². The molecule has 0 aliphatic carbocycles. The number of benzene rings is 1. The number of aromatic nitrogens is 1. The molecule has 0 radical (unpaired) electrons. The van der Waals surface area contributed by atoms with Crippen molar-refractivity contribution in [3.8, 4) is 0 Å². The predicted octanol–water partition coefficient (Wildman–Crippen LogP) is 2.75. The van der Waals surface area contributed by atoms with Crippen LogP contribution in [0, 0.1) is 12.8 Å². The molecule has 1 heterocycles. The van der Waals surface area contributed by atoms with Crippen molar-refractivity contribution in [1.29, 1.82) is 0 Å². The van der Waals surface area contributed by atoms with E-state index >= 15 is 0 Å². The number of fused-ring (bicyclic) bond motifs is 1. The Labute approximate surface area is 101 Å². The smallest absolute Gasteiger partial charge is 0.306 e. The Balaban J connectivity index is 2.51. The Kier molecular flexibility index (Phi) is 2.92. The molecule has 3 nitrogen and oxygen atoms in total. The summed E-state index contributed by atoms with van der Waals surface area (Å²) in [5.41, 5.74) is 3.49. The van der Waals surface area contributed by atoms with E-state index in [2.05, 4.69) is 23.8 Å². The number of rotatable bonds is 3. The number of aliphatic carboxylic acids is 1. The average Bonchev–Trinajstić information content (AvgIpc) is 2.55. The molecule has 0 saturated carbocycles. The fraction of sp³-hybridized carbons (Fsp3) is 0.357. The molecular formula is C14H17NO2. The van der Waals surface area contributed by atoms with Gasteiger partial charge in [-0.1, -0.05) is 19.1 Å². The monoisotopic (exact) mass is 231 g/mol. The van der Waals surface area contributed by atoms with E-state index < -0.39 is 5.97 Å². The van der Waals surface area contributed by atoms with Crippen molar-refractivity contribution in [3.05, 3.63) is 35.5 Å². The maximum Gasteiger partial charge on any atom is 0.306 e. The van der Waals surface area contributed by atoms with Crippen molar-refractivity contribution in [2.75, 3.05) is 0 Å². The average molecular weight is 231 g/mol. The van der Waals surface area contributed by atoms with E-state index in [0.29, 0.717) is 6.42 Å². The van der Waals surface area contributed by atoms with Gasteiger partial charge in [-0.2, -0.15) is 0 Å². The molecule has 0 aliphatic heterocycles. The van der Waals surface area contributed by atoms with Crippen LogP contribution in [0.25, 0.3) is 10.9 Å². The second-order valence-corrected chi connectivity index (χ2v) is 4.68. The van der Waals surface area contributed by atoms with Gasteiger partial charge in [-0.05, 0) is 30.5 Å². The summed E-state index contributed by atoms with van der Waals surface area (Å²) in [4.78, 5) is 10.9. The van der Waals surface area contributed by atoms with E-state index in [-0.39, 0.29) is 5.92 Å². The molecule has 1 atom stereocenters. The van der Waals surface area contributed by atoms with Crippen molar-refractivity contribution in [1.82, 2.24) is 4.57 Å². The zero-order valence-corrected chi connectivity index (χ0v) is 10.4. The molecule has 0 saturated heterocycles. The lowest BCUT2D eigenvalue weighted by atomic mass is 9.97. The number of hydrogen-bond acceptors (Lipinski definition) is 1. The summed E-state index contributed by atoms with van der Waals surface area (Å²) in [5.74, 6) is -1.09. The maximum atomic E-state index is 10.9. The van der Waals surface area contributed by atoms with Crippen molar-refractivity contribution < 1.29 is 9.90 Å². The lowest BCUT2D eigenvalue weighted by molar-refractivity contribution is -0.141. The Hall–Kier alpha value is -1.77. The summed E-state index contributed by atoms with van der Waals surface area (Å²) in [6, 6.07) is 6.08. The minimum Gasteiger partial charge on any atom is -0.481 e. The van der Waals surface area contributed by atoms with Crippen LogP contribution < -0.4 is 0 Å². The molecule has 1 N–H and O–H groups in total. The number of aryl methyl sites for hydroxylation is 2. The minimum absolute atomic E-state index is 0.347. The molecule has 1 aromatic carbocycles. The van der Waals surface area contributed by atoms with E-state index in [0.717, 1.165) is 11.1 Å². The predicted molar refractivity (Wildman–Crippen MR) is 68.2 cm³/mol. The third kappa shape index (κ3) is 2.05. The van der Waals surface area contributed by atoms with Crippen LogP contribution in [0.1, 0.15) is 18.1 Å². The Morgan fingerprint density at radius 3 is 2.82 bits per heavy atom. The van der Waals surface area contributed by atoms with Crippen molar-refractivity contribution in [2.45, 2.75) is 20.3 Å². The van der Waals surface area contributed by atoms with Gasteiger partial charge in [0.15, 0.2) is 0 Å². The first-order chi connectivity index (χ1) is 8.00. The minimum atomic E-state index is -0.740. The number of nitrogens with zero attached hydrogens (tertiary/aromatic N) is 1. The maximum absolute atomic E-state index is 10.9. The van der Waals surface area contributed by atoms with Gasteiger partial charge < -0.3 is 9.67 Å². The first kappa shape index (κ1) is 11.7. The molecule has 1 aromatic heterocycles. The molecule has 2 rings (SSSR count). The molecule has 2 aromatic rings. The highest BCUT2D eigenvalue weighted by Gasteiger charge is 2.15. The van der Waals surface area contributed by atoms with Crippen LogP contribution >= 0.6 is 0 Å². The van der Waals surface area contributed by atoms with Crippen LogP contribution in [0.5, 0.6) is 0 Å². The van der Waals surface area contributed by atoms with E-state index in [1.165, 1.54) is 10.9 Å². The number of carboxylic acid groups (broad SMARTS) is 1. The molecule has 0 bridgehead atoms. The summed E-state index contributed by atoms with van der Waals surface area (Å²) in [6.45, 7) is 3.82. The normalized spacial score (nSPS) is 12.9. The Morgan fingerprint density at radius 1 is 1.47 bits per heavy atom. The van der Waals surface area contributed by atoms with E-state index in [1.54, 1.807) is 6.92 Å². The highest BCUT2D eigenvalue weighted by molar-refractivity contribution is 5.87. The SMILES string of the molecule is Cc1cn(C)c2cccc(CC(C)C(=O)O)c12. The highest BCUT2D eigenvalue weighted by Crippen LogP contribution is 2.25. The zero-order chi connectivity index (χ0) is 12.6. The Morgan fingerprint density at radius 2 is 2.18 bits per heavy atom. The van der Waals surface area contributed by atoms with Gasteiger partial charge in [0, 0.05) is 24.1 Å². The first-order valence-electron chi connectivity index (χ1n) is 5.77. The molecule has 0 fully saturated rings. The van der Waals surface area contributed by atoms with Gasteiger partial charge in [0.05, 0.1) is 5.92 Å². The third-order valence-corrected chi connectivity index (χ3v) is 3.24. The van der Waals surface area contributed by atoms with Gasteiger partial charge in [-0.25, -0.2) is 0 Å². The largest absolute Gasteiger partial charge is 0.481 e. The highest BCUT2D eigenvalue weighted by atomic mass is 16.4. The molecule has 1 unspecified atom stereocenters. The van der Waals surface area contributed by atoms with Gasteiger partial charge in [0.2, 0.25) is 0 Å². The summed E-state index contributed by atoms with van der Waals surface area (Å²) < 4.78 is 2.08.